The molecule has 0 unspecified atom stereocenters. The molecule has 1 aromatic carbocycles. The van der Waals surface area contributed by atoms with E-state index in [1.165, 1.54) is 18.5 Å². The molecule has 5 heterocycles. The van der Waals surface area contributed by atoms with Crippen molar-refractivity contribution in [2.24, 2.45) is 5.73 Å². The van der Waals surface area contributed by atoms with Gasteiger partial charge in [-0.25, -0.2) is 24.3 Å². The standard InChI is InChI=1S/C23H16FN9/c24-16-2-12(5-25)1-13(3-16)18-9-26-10-19-20(18)31-23(30-19)21-17-4-14(8-29-22(17)33-32-21)15-6-27-11-28-7-15/h1-4,6-11H,5,25H2,(H,30,31)(H,29,32,33). The highest BCUT2D eigenvalue weighted by Gasteiger charge is 2.17. The maximum atomic E-state index is 14.1. The number of pyridine rings is 2. The van der Waals surface area contributed by atoms with Gasteiger partial charge in [0.25, 0.3) is 0 Å². The van der Waals surface area contributed by atoms with E-state index in [1.54, 1.807) is 31.0 Å². The Kier molecular flexibility index (Phi) is 4.37. The van der Waals surface area contributed by atoms with Gasteiger partial charge in [0.1, 0.15) is 17.8 Å². The molecule has 0 aliphatic heterocycles. The molecule has 0 aliphatic rings. The lowest BCUT2D eigenvalue weighted by Crippen LogP contribution is -1.97. The molecule has 160 valence electrons. The van der Waals surface area contributed by atoms with Crippen LogP contribution in [0, 0.1) is 5.82 Å². The van der Waals surface area contributed by atoms with Gasteiger partial charge in [0.2, 0.25) is 0 Å². The maximum Gasteiger partial charge on any atom is 0.181 e. The van der Waals surface area contributed by atoms with E-state index in [1.807, 2.05) is 12.1 Å². The van der Waals surface area contributed by atoms with E-state index in [0.29, 0.717) is 44.9 Å². The Bertz CT molecular complexity index is 1620. The number of nitrogens with two attached hydrogens (primary N) is 1. The minimum atomic E-state index is -0.358. The average Bonchev–Trinajstić information content (AvgIpc) is 3.47. The van der Waals surface area contributed by atoms with Crippen molar-refractivity contribution in [3.05, 3.63) is 73.0 Å². The number of nitrogens with zero attached hydrogens (tertiary/aromatic N) is 6. The third kappa shape index (κ3) is 3.29. The molecule has 0 radical (unpaired) electrons. The molecule has 0 bridgehead atoms. The zero-order chi connectivity index (χ0) is 22.4. The third-order valence-electron chi connectivity index (χ3n) is 5.44. The van der Waals surface area contributed by atoms with Crippen LogP contribution < -0.4 is 5.73 Å². The van der Waals surface area contributed by atoms with Crippen molar-refractivity contribution < 1.29 is 4.39 Å². The van der Waals surface area contributed by atoms with Crippen LogP contribution in [0.3, 0.4) is 0 Å². The molecule has 9 nitrogen and oxygen atoms in total. The molecule has 0 spiro atoms. The van der Waals surface area contributed by atoms with E-state index in [-0.39, 0.29) is 12.4 Å². The first kappa shape index (κ1) is 19.1. The zero-order valence-electron chi connectivity index (χ0n) is 17.1. The van der Waals surface area contributed by atoms with Gasteiger partial charge in [-0.2, -0.15) is 5.10 Å². The topological polar surface area (TPSA) is 135 Å². The lowest BCUT2D eigenvalue weighted by molar-refractivity contribution is 0.626. The van der Waals surface area contributed by atoms with Crippen LogP contribution in [0.1, 0.15) is 5.56 Å². The first-order valence-corrected chi connectivity index (χ1v) is 10.1. The van der Waals surface area contributed by atoms with Crippen LogP contribution in [0.15, 0.2) is 61.6 Å². The number of imidazole rings is 1. The molecule has 0 aliphatic carbocycles. The van der Waals surface area contributed by atoms with Gasteiger partial charge in [-0.05, 0) is 35.4 Å². The SMILES string of the molecule is NCc1cc(F)cc(-c2cncc3[nH]c(-c4[nH]nc5ncc(-c6cncnc6)cc45)nc23)c1. The second-order valence-electron chi connectivity index (χ2n) is 7.54. The summed E-state index contributed by atoms with van der Waals surface area (Å²) in [7, 11) is 0. The smallest absolute Gasteiger partial charge is 0.181 e. The van der Waals surface area contributed by atoms with Gasteiger partial charge in [0, 0.05) is 48.0 Å². The Balaban J connectivity index is 1.50. The molecule has 0 saturated heterocycles. The molecule has 0 fully saturated rings. The van der Waals surface area contributed by atoms with Crippen LogP contribution in [-0.2, 0) is 6.54 Å². The fourth-order valence-electron chi connectivity index (χ4n) is 3.87. The summed E-state index contributed by atoms with van der Waals surface area (Å²) in [5.74, 6) is 0.212. The highest BCUT2D eigenvalue weighted by Crippen LogP contribution is 2.32. The number of rotatable bonds is 4. The number of fused-ring (bicyclic) bond motifs is 2. The van der Waals surface area contributed by atoms with Crippen LogP contribution in [0.25, 0.3) is 55.8 Å². The van der Waals surface area contributed by atoms with Crippen molar-refractivity contribution in [2.45, 2.75) is 6.54 Å². The molecule has 0 atom stereocenters. The van der Waals surface area contributed by atoms with E-state index in [4.69, 9.17) is 10.7 Å². The minimum absolute atomic E-state index is 0.238. The van der Waals surface area contributed by atoms with Crippen molar-refractivity contribution in [1.29, 1.82) is 0 Å². The minimum Gasteiger partial charge on any atom is -0.335 e. The lowest BCUT2D eigenvalue weighted by atomic mass is 10.0. The number of hydrogen-bond acceptors (Lipinski definition) is 7. The van der Waals surface area contributed by atoms with E-state index < -0.39 is 0 Å². The molecular weight excluding hydrogens is 421 g/mol. The normalized spacial score (nSPS) is 11.5. The second-order valence-corrected chi connectivity index (χ2v) is 7.54. The summed E-state index contributed by atoms with van der Waals surface area (Å²) >= 11 is 0. The Morgan fingerprint density at radius 1 is 0.879 bits per heavy atom. The average molecular weight is 437 g/mol. The largest absolute Gasteiger partial charge is 0.335 e. The molecule has 33 heavy (non-hydrogen) atoms. The summed E-state index contributed by atoms with van der Waals surface area (Å²) in [5, 5.41) is 8.12. The van der Waals surface area contributed by atoms with Crippen molar-refractivity contribution in [3.8, 4) is 33.8 Å². The van der Waals surface area contributed by atoms with Crippen molar-refractivity contribution in [3.63, 3.8) is 0 Å². The fourth-order valence-corrected chi connectivity index (χ4v) is 3.87. The number of aromatic nitrogens is 8. The van der Waals surface area contributed by atoms with Crippen molar-refractivity contribution >= 4 is 22.1 Å². The summed E-state index contributed by atoms with van der Waals surface area (Å²) < 4.78 is 14.1. The number of hydrogen-bond donors (Lipinski definition) is 3. The maximum absolute atomic E-state index is 14.1. The van der Waals surface area contributed by atoms with Gasteiger partial charge < -0.3 is 10.7 Å². The molecule has 0 amide bonds. The Hall–Kier alpha value is -4.57. The Morgan fingerprint density at radius 3 is 2.61 bits per heavy atom. The predicted octanol–water partition coefficient (Wildman–Crippen LogP) is 3.62. The van der Waals surface area contributed by atoms with Crippen molar-refractivity contribution in [2.75, 3.05) is 0 Å². The quantitative estimate of drug-likeness (QED) is 0.383. The zero-order valence-corrected chi connectivity index (χ0v) is 17.1. The number of benzene rings is 1. The number of halogens is 1. The molecule has 6 rings (SSSR count). The third-order valence-corrected chi connectivity index (χ3v) is 5.44. The Morgan fingerprint density at radius 2 is 1.76 bits per heavy atom. The lowest BCUT2D eigenvalue weighted by Gasteiger charge is -2.05. The van der Waals surface area contributed by atoms with E-state index in [2.05, 4.69) is 35.1 Å². The van der Waals surface area contributed by atoms with E-state index >= 15 is 0 Å². The monoisotopic (exact) mass is 437 g/mol. The second kappa shape index (κ2) is 7.53. The summed E-state index contributed by atoms with van der Waals surface area (Å²) in [6.07, 6.45) is 10.0. The van der Waals surface area contributed by atoms with Crippen LogP contribution in [0.5, 0.6) is 0 Å². The summed E-state index contributed by atoms with van der Waals surface area (Å²) in [5.41, 5.74) is 12.1. The molecule has 10 heteroatoms. The van der Waals surface area contributed by atoms with Crippen LogP contribution >= 0.6 is 0 Å². The summed E-state index contributed by atoms with van der Waals surface area (Å²) in [6.45, 7) is 0.238. The molecule has 4 N–H and O–H groups in total. The number of aromatic amines is 2. The molecular formula is C23H16FN9. The molecule has 6 aromatic rings. The first-order valence-electron chi connectivity index (χ1n) is 10.1. The van der Waals surface area contributed by atoms with Crippen molar-refractivity contribution in [1.82, 2.24) is 40.1 Å². The van der Waals surface area contributed by atoms with Gasteiger partial charge in [-0.3, -0.25) is 10.1 Å². The fraction of sp³-hybridized carbons (Fsp3) is 0.0435. The van der Waals surface area contributed by atoms with Crippen LogP contribution in [0.4, 0.5) is 4.39 Å². The number of H-pyrrole nitrogens is 2. The van der Waals surface area contributed by atoms with Gasteiger partial charge in [0.05, 0.1) is 22.6 Å². The Labute approximate surface area is 186 Å². The molecule has 0 saturated carbocycles. The summed E-state index contributed by atoms with van der Waals surface area (Å²) in [4.78, 5) is 25.0. The molecule has 5 aromatic heterocycles. The summed E-state index contributed by atoms with van der Waals surface area (Å²) in [6, 6.07) is 6.68. The van der Waals surface area contributed by atoms with Crippen LogP contribution in [-0.4, -0.2) is 40.1 Å². The highest BCUT2D eigenvalue weighted by molar-refractivity contribution is 5.96. The van der Waals surface area contributed by atoms with Crippen LogP contribution in [0.2, 0.25) is 0 Å². The first-order chi connectivity index (χ1) is 16.2. The van der Waals surface area contributed by atoms with Gasteiger partial charge in [0.15, 0.2) is 11.5 Å². The predicted molar refractivity (Wildman–Crippen MR) is 121 cm³/mol. The van der Waals surface area contributed by atoms with Gasteiger partial charge in [-0.15, -0.1) is 0 Å². The number of nitrogens with one attached hydrogen (secondary N) is 2. The highest BCUT2D eigenvalue weighted by atomic mass is 19.1. The van der Waals surface area contributed by atoms with E-state index in [9.17, 15) is 4.39 Å². The van der Waals surface area contributed by atoms with Gasteiger partial charge >= 0.3 is 0 Å². The van der Waals surface area contributed by atoms with E-state index in [0.717, 1.165) is 16.5 Å². The van der Waals surface area contributed by atoms with Gasteiger partial charge in [-0.1, -0.05) is 0 Å².